The molecule has 1 aromatic carbocycles. The van der Waals surface area contributed by atoms with Gasteiger partial charge in [-0.15, -0.1) is 11.3 Å². The topological polar surface area (TPSA) is 96.4 Å². The molecule has 6 nitrogen and oxygen atoms in total. The predicted molar refractivity (Wildman–Crippen MR) is 79.0 cm³/mol. The second-order valence-electron chi connectivity index (χ2n) is 4.47. The molecule has 0 radical (unpaired) electrons. The Bertz CT molecular complexity index is 781. The molecule has 2 rings (SSSR count). The van der Waals surface area contributed by atoms with Gasteiger partial charge in [-0.05, 0) is 31.5 Å². The molecule has 0 atom stereocenters. The van der Waals surface area contributed by atoms with E-state index in [1.165, 1.54) is 29.5 Å². The molecule has 2 aromatic rings. The third kappa shape index (κ3) is 3.46. The van der Waals surface area contributed by atoms with Crippen LogP contribution in [-0.2, 0) is 16.6 Å². The highest BCUT2D eigenvalue weighted by atomic mass is 32.2. The van der Waals surface area contributed by atoms with Crippen LogP contribution < -0.4 is 4.72 Å². The van der Waals surface area contributed by atoms with Crippen molar-refractivity contribution in [1.82, 2.24) is 9.71 Å². The fourth-order valence-electron chi connectivity index (χ4n) is 1.74. The monoisotopic (exact) mass is 326 g/mol. The molecule has 0 saturated carbocycles. The molecule has 2 N–H and O–H groups in total. The Hall–Kier alpha value is -1.77. The van der Waals surface area contributed by atoms with Gasteiger partial charge in [-0.25, -0.2) is 22.9 Å². The third-order valence-corrected chi connectivity index (χ3v) is 5.35. The van der Waals surface area contributed by atoms with E-state index in [1.54, 1.807) is 19.4 Å². The highest BCUT2D eigenvalue weighted by Gasteiger charge is 2.18. The van der Waals surface area contributed by atoms with Gasteiger partial charge in [0.2, 0.25) is 10.0 Å². The van der Waals surface area contributed by atoms with Crippen LogP contribution in [0.15, 0.2) is 28.6 Å². The van der Waals surface area contributed by atoms with Crippen molar-refractivity contribution in [3.8, 4) is 0 Å². The van der Waals surface area contributed by atoms with Crippen molar-refractivity contribution in [1.29, 1.82) is 0 Å². The number of hydrogen-bond donors (Lipinski definition) is 2. The number of carboxylic acids is 1. The Labute approximate surface area is 126 Å². The molecule has 21 heavy (non-hydrogen) atoms. The van der Waals surface area contributed by atoms with Crippen LogP contribution >= 0.6 is 11.3 Å². The highest BCUT2D eigenvalue weighted by molar-refractivity contribution is 7.89. The van der Waals surface area contributed by atoms with Crippen LogP contribution in [0, 0.1) is 13.8 Å². The minimum absolute atomic E-state index is 0.0214. The molecule has 0 unspecified atom stereocenters. The molecule has 0 bridgehead atoms. The van der Waals surface area contributed by atoms with Crippen LogP contribution in [0.25, 0.3) is 0 Å². The first kappa shape index (κ1) is 15.6. The molecule has 1 aromatic heterocycles. The van der Waals surface area contributed by atoms with Crippen LogP contribution in [0.5, 0.6) is 0 Å². The number of thiazole rings is 1. The lowest BCUT2D eigenvalue weighted by Gasteiger charge is -2.08. The number of nitrogens with zero attached hydrogens (tertiary/aromatic N) is 1. The van der Waals surface area contributed by atoms with Crippen LogP contribution in [0.3, 0.4) is 0 Å². The number of rotatable bonds is 5. The lowest BCUT2D eigenvalue weighted by Crippen LogP contribution is -2.23. The molecule has 0 saturated heterocycles. The Morgan fingerprint density at radius 3 is 2.67 bits per heavy atom. The Morgan fingerprint density at radius 2 is 2.10 bits per heavy atom. The number of hydrogen-bond acceptors (Lipinski definition) is 5. The quantitative estimate of drug-likeness (QED) is 0.875. The normalized spacial score (nSPS) is 11.5. The van der Waals surface area contributed by atoms with Gasteiger partial charge in [0.05, 0.1) is 21.7 Å². The van der Waals surface area contributed by atoms with Gasteiger partial charge in [0.25, 0.3) is 0 Å². The SMILES string of the molecule is Cc1ccc(S(=O)(=O)NCc2scnc2C)cc1C(=O)O. The average Bonchev–Trinajstić information content (AvgIpc) is 2.82. The van der Waals surface area contributed by atoms with Gasteiger partial charge in [-0.3, -0.25) is 0 Å². The average molecular weight is 326 g/mol. The summed E-state index contributed by atoms with van der Waals surface area (Å²) in [4.78, 5) is 15.9. The summed E-state index contributed by atoms with van der Waals surface area (Å²) in [6, 6.07) is 4.04. The van der Waals surface area contributed by atoms with Crippen molar-refractivity contribution in [2.24, 2.45) is 0 Å². The molecular formula is C13H14N2O4S2. The number of carbonyl (C=O) groups is 1. The lowest BCUT2D eigenvalue weighted by molar-refractivity contribution is 0.0696. The summed E-state index contributed by atoms with van der Waals surface area (Å²) in [6.45, 7) is 3.55. The minimum Gasteiger partial charge on any atom is -0.478 e. The Morgan fingerprint density at radius 1 is 1.38 bits per heavy atom. The van der Waals surface area contributed by atoms with E-state index >= 15 is 0 Å². The van der Waals surface area contributed by atoms with Crippen molar-refractivity contribution in [3.63, 3.8) is 0 Å². The second-order valence-corrected chi connectivity index (χ2v) is 7.17. The van der Waals surface area contributed by atoms with E-state index in [-0.39, 0.29) is 17.0 Å². The maximum Gasteiger partial charge on any atom is 0.335 e. The van der Waals surface area contributed by atoms with E-state index in [0.717, 1.165) is 10.6 Å². The van der Waals surface area contributed by atoms with Gasteiger partial charge in [0.1, 0.15) is 0 Å². The van der Waals surface area contributed by atoms with E-state index in [0.29, 0.717) is 5.56 Å². The fraction of sp³-hybridized carbons (Fsp3) is 0.231. The molecule has 8 heteroatoms. The van der Waals surface area contributed by atoms with E-state index in [4.69, 9.17) is 5.11 Å². The van der Waals surface area contributed by atoms with Crippen molar-refractivity contribution < 1.29 is 18.3 Å². The molecule has 0 aliphatic rings. The smallest absolute Gasteiger partial charge is 0.335 e. The summed E-state index contributed by atoms with van der Waals surface area (Å²) in [6.07, 6.45) is 0. The fourth-order valence-corrected chi connectivity index (χ4v) is 3.57. The predicted octanol–water partition coefficient (Wildman–Crippen LogP) is 1.94. The highest BCUT2D eigenvalue weighted by Crippen LogP contribution is 2.17. The van der Waals surface area contributed by atoms with Gasteiger partial charge in [-0.1, -0.05) is 6.07 Å². The summed E-state index contributed by atoms with van der Waals surface area (Å²) in [5.41, 5.74) is 2.91. The largest absolute Gasteiger partial charge is 0.478 e. The van der Waals surface area contributed by atoms with E-state index in [1.807, 2.05) is 0 Å². The van der Waals surface area contributed by atoms with Gasteiger partial charge in [0.15, 0.2) is 0 Å². The summed E-state index contributed by atoms with van der Waals surface area (Å²) >= 11 is 1.36. The number of nitrogens with one attached hydrogen (secondary N) is 1. The number of carboxylic acid groups (broad SMARTS) is 1. The summed E-state index contributed by atoms with van der Waals surface area (Å²) < 4.78 is 26.9. The summed E-state index contributed by atoms with van der Waals surface area (Å²) in [5.74, 6) is -1.15. The van der Waals surface area contributed by atoms with Crippen LogP contribution in [0.1, 0.15) is 26.5 Å². The van der Waals surface area contributed by atoms with Crippen LogP contribution in [-0.4, -0.2) is 24.5 Å². The number of aromatic carboxylic acids is 1. The van der Waals surface area contributed by atoms with Crippen molar-refractivity contribution in [2.45, 2.75) is 25.3 Å². The molecule has 0 fully saturated rings. The molecule has 112 valence electrons. The van der Waals surface area contributed by atoms with Crippen molar-refractivity contribution in [2.75, 3.05) is 0 Å². The molecular weight excluding hydrogens is 312 g/mol. The zero-order valence-corrected chi connectivity index (χ0v) is 13.1. The minimum atomic E-state index is -3.76. The Kier molecular flexibility index (Phi) is 4.40. The number of aromatic nitrogens is 1. The first-order valence-corrected chi connectivity index (χ1v) is 8.40. The first-order valence-electron chi connectivity index (χ1n) is 6.04. The zero-order chi connectivity index (χ0) is 15.6. The van der Waals surface area contributed by atoms with Gasteiger partial charge in [-0.2, -0.15) is 0 Å². The number of sulfonamides is 1. The molecule has 0 amide bonds. The Balaban J connectivity index is 2.26. The van der Waals surface area contributed by atoms with Crippen molar-refractivity contribution in [3.05, 3.63) is 45.4 Å². The van der Waals surface area contributed by atoms with E-state index in [2.05, 4.69) is 9.71 Å². The van der Waals surface area contributed by atoms with Crippen LogP contribution in [0.4, 0.5) is 0 Å². The summed E-state index contributed by atoms with van der Waals surface area (Å²) in [7, 11) is -3.76. The third-order valence-electron chi connectivity index (χ3n) is 3.02. The van der Waals surface area contributed by atoms with Gasteiger partial charge < -0.3 is 5.11 Å². The lowest BCUT2D eigenvalue weighted by atomic mass is 10.1. The molecule has 0 spiro atoms. The van der Waals surface area contributed by atoms with Crippen LogP contribution in [0.2, 0.25) is 0 Å². The van der Waals surface area contributed by atoms with Crippen molar-refractivity contribution >= 4 is 27.3 Å². The second kappa shape index (κ2) is 5.92. The number of aryl methyl sites for hydroxylation is 2. The summed E-state index contributed by atoms with van der Waals surface area (Å²) in [5, 5.41) is 9.05. The van der Waals surface area contributed by atoms with Gasteiger partial charge in [0, 0.05) is 11.4 Å². The standard InChI is InChI=1S/C13H14N2O4S2/c1-8-3-4-10(5-11(8)13(16)17)21(18,19)15-6-12-9(2)14-7-20-12/h3-5,7,15H,6H2,1-2H3,(H,16,17). The molecule has 0 aliphatic heterocycles. The molecule has 1 heterocycles. The maximum atomic E-state index is 12.2. The first-order chi connectivity index (χ1) is 9.81. The number of benzene rings is 1. The van der Waals surface area contributed by atoms with Gasteiger partial charge >= 0.3 is 5.97 Å². The van der Waals surface area contributed by atoms with E-state index in [9.17, 15) is 13.2 Å². The zero-order valence-electron chi connectivity index (χ0n) is 11.5. The molecule has 0 aliphatic carbocycles. The maximum absolute atomic E-state index is 12.2. The van der Waals surface area contributed by atoms with E-state index < -0.39 is 16.0 Å².